The molecule has 0 unspecified atom stereocenters. The molecule has 0 spiro atoms. The maximum Gasteiger partial charge on any atom is 0.327 e. The molecule has 1 aliphatic rings. The lowest BCUT2D eigenvalue weighted by molar-refractivity contribution is -0.155. The largest absolute Gasteiger partial charge is 0.451 e. The van der Waals surface area contributed by atoms with Crippen molar-refractivity contribution in [3.8, 4) is 0 Å². The molecule has 1 fully saturated rings. The Kier molecular flexibility index (Phi) is 7.59. The molecule has 0 aromatic heterocycles. The van der Waals surface area contributed by atoms with Crippen molar-refractivity contribution in [1.82, 2.24) is 10.2 Å². The lowest BCUT2D eigenvalue weighted by atomic mass is 9.88. The van der Waals surface area contributed by atoms with Gasteiger partial charge in [0.25, 0.3) is 11.8 Å². The zero-order valence-electron chi connectivity index (χ0n) is 18.3. The Balaban J connectivity index is 1.98. The second kappa shape index (κ2) is 9.73. The van der Waals surface area contributed by atoms with Crippen LogP contribution in [-0.2, 0) is 19.1 Å². The minimum absolute atomic E-state index is 0.416. The van der Waals surface area contributed by atoms with Gasteiger partial charge in [0.15, 0.2) is 6.10 Å². The molecule has 1 heterocycles. The summed E-state index contributed by atoms with van der Waals surface area (Å²) in [5.74, 6) is -1.72. The SMILES string of the molecule is CCCC1(CCC)NC(=O)N(CC(=O)O[C@@H](C)C(=O)Nc2ccc(C)cc2C)C1=O. The molecule has 2 N–H and O–H groups in total. The third kappa shape index (κ3) is 5.17. The van der Waals surface area contributed by atoms with Crippen LogP contribution in [-0.4, -0.2) is 46.9 Å². The predicted molar refractivity (Wildman–Crippen MR) is 113 cm³/mol. The van der Waals surface area contributed by atoms with Gasteiger partial charge in [0.05, 0.1) is 0 Å². The van der Waals surface area contributed by atoms with Gasteiger partial charge in [-0.15, -0.1) is 0 Å². The van der Waals surface area contributed by atoms with E-state index in [1.165, 1.54) is 6.92 Å². The van der Waals surface area contributed by atoms with Crippen LogP contribution in [0.4, 0.5) is 10.5 Å². The highest BCUT2D eigenvalue weighted by molar-refractivity contribution is 6.08. The summed E-state index contributed by atoms with van der Waals surface area (Å²) < 4.78 is 5.17. The second-order valence-corrected chi connectivity index (χ2v) is 7.84. The Labute approximate surface area is 177 Å². The van der Waals surface area contributed by atoms with Gasteiger partial charge < -0.3 is 15.4 Å². The number of rotatable bonds is 9. The minimum Gasteiger partial charge on any atom is -0.451 e. The first-order chi connectivity index (χ1) is 14.1. The van der Waals surface area contributed by atoms with Crippen LogP contribution in [0.1, 0.15) is 57.6 Å². The number of nitrogens with one attached hydrogen (secondary N) is 2. The van der Waals surface area contributed by atoms with Crippen molar-refractivity contribution in [1.29, 1.82) is 0 Å². The highest BCUT2D eigenvalue weighted by atomic mass is 16.5. The molecule has 0 bridgehead atoms. The Hall–Kier alpha value is -2.90. The Morgan fingerprint density at radius 1 is 1.17 bits per heavy atom. The first-order valence-electron chi connectivity index (χ1n) is 10.3. The molecule has 2 rings (SSSR count). The normalized spacial score (nSPS) is 16.2. The third-order valence-corrected chi connectivity index (χ3v) is 5.20. The van der Waals surface area contributed by atoms with Gasteiger partial charge in [0.2, 0.25) is 0 Å². The molecule has 8 nitrogen and oxygen atoms in total. The van der Waals surface area contributed by atoms with Gasteiger partial charge in [-0.3, -0.25) is 19.3 Å². The summed E-state index contributed by atoms with van der Waals surface area (Å²) in [7, 11) is 0. The van der Waals surface area contributed by atoms with Crippen LogP contribution in [0.25, 0.3) is 0 Å². The van der Waals surface area contributed by atoms with Crippen LogP contribution >= 0.6 is 0 Å². The summed E-state index contributed by atoms with van der Waals surface area (Å²) >= 11 is 0. The monoisotopic (exact) mass is 417 g/mol. The molecule has 1 aromatic rings. The molecule has 1 saturated heterocycles. The molecule has 164 valence electrons. The third-order valence-electron chi connectivity index (χ3n) is 5.20. The average molecular weight is 418 g/mol. The topological polar surface area (TPSA) is 105 Å². The number of nitrogens with zero attached hydrogens (tertiary/aromatic N) is 1. The number of amides is 4. The zero-order chi connectivity index (χ0) is 22.5. The van der Waals surface area contributed by atoms with Crippen molar-refractivity contribution in [2.75, 3.05) is 11.9 Å². The predicted octanol–water partition coefficient (Wildman–Crippen LogP) is 3.06. The first-order valence-corrected chi connectivity index (χ1v) is 10.3. The van der Waals surface area contributed by atoms with Crippen molar-refractivity contribution in [3.63, 3.8) is 0 Å². The van der Waals surface area contributed by atoms with E-state index in [-0.39, 0.29) is 0 Å². The maximum atomic E-state index is 12.8. The summed E-state index contributed by atoms with van der Waals surface area (Å²) in [6, 6.07) is 4.98. The Bertz CT molecular complexity index is 830. The van der Waals surface area contributed by atoms with E-state index in [0.717, 1.165) is 28.9 Å². The van der Waals surface area contributed by atoms with Crippen LogP contribution in [0, 0.1) is 13.8 Å². The van der Waals surface area contributed by atoms with E-state index in [0.29, 0.717) is 18.5 Å². The number of carbonyl (C=O) groups is 4. The van der Waals surface area contributed by atoms with Crippen LogP contribution < -0.4 is 10.6 Å². The van der Waals surface area contributed by atoms with E-state index in [1.807, 2.05) is 39.8 Å². The zero-order valence-corrected chi connectivity index (χ0v) is 18.3. The molecule has 30 heavy (non-hydrogen) atoms. The molecule has 8 heteroatoms. The number of hydrogen-bond donors (Lipinski definition) is 2. The minimum atomic E-state index is -1.07. The smallest absolute Gasteiger partial charge is 0.327 e. The molecule has 0 aliphatic carbocycles. The average Bonchev–Trinajstić information content (AvgIpc) is 2.88. The van der Waals surface area contributed by atoms with Crippen LogP contribution in [0.15, 0.2) is 18.2 Å². The number of aryl methyl sites for hydroxylation is 2. The van der Waals surface area contributed by atoms with Crippen molar-refractivity contribution in [2.45, 2.75) is 71.9 Å². The van der Waals surface area contributed by atoms with E-state index in [2.05, 4.69) is 10.6 Å². The van der Waals surface area contributed by atoms with E-state index >= 15 is 0 Å². The van der Waals surface area contributed by atoms with E-state index in [1.54, 1.807) is 6.07 Å². The van der Waals surface area contributed by atoms with Crippen molar-refractivity contribution >= 4 is 29.5 Å². The van der Waals surface area contributed by atoms with Gasteiger partial charge in [-0.1, -0.05) is 44.4 Å². The number of urea groups is 1. The molecule has 0 saturated carbocycles. The fraction of sp³-hybridized carbons (Fsp3) is 0.545. The van der Waals surface area contributed by atoms with Crippen LogP contribution in [0.5, 0.6) is 0 Å². The van der Waals surface area contributed by atoms with Crippen molar-refractivity contribution < 1.29 is 23.9 Å². The van der Waals surface area contributed by atoms with Gasteiger partial charge in [0, 0.05) is 5.69 Å². The number of esters is 1. The highest BCUT2D eigenvalue weighted by Gasteiger charge is 2.50. The first kappa shape index (κ1) is 23.4. The maximum absolute atomic E-state index is 12.8. The molecular weight excluding hydrogens is 386 g/mol. The van der Waals surface area contributed by atoms with E-state index in [4.69, 9.17) is 4.74 Å². The molecule has 1 aromatic carbocycles. The number of imide groups is 1. The lowest BCUT2D eigenvalue weighted by Gasteiger charge is -2.25. The fourth-order valence-corrected chi connectivity index (χ4v) is 3.74. The molecular formula is C22H31N3O5. The van der Waals surface area contributed by atoms with E-state index in [9.17, 15) is 19.2 Å². The summed E-state index contributed by atoms with van der Waals surface area (Å²) in [4.78, 5) is 50.7. The van der Waals surface area contributed by atoms with Crippen molar-refractivity contribution in [3.05, 3.63) is 29.3 Å². The van der Waals surface area contributed by atoms with Crippen LogP contribution in [0.2, 0.25) is 0 Å². The van der Waals surface area contributed by atoms with Gasteiger partial charge in [-0.2, -0.15) is 0 Å². The van der Waals surface area contributed by atoms with Gasteiger partial charge in [-0.25, -0.2) is 4.79 Å². The lowest BCUT2D eigenvalue weighted by Crippen LogP contribution is -2.47. The van der Waals surface area contributed by atoms with E-state index < -0.39 is 42.0 Å². The summed E-state index contributed by atoms with van der Waals surface area (Å²) in [6.45, 7) is 8.61. The second-order valence-electron chi connectivity index (χ2n) is 7.84. The van der Waals surface area contributed by atoms with Gasteiger partial charge >= 0.3 is 12.0 Å². The number of carbonyl (C=O) groups excluding carboxylic acids is 4. The highest BCUT2D eigenvalue weighted by Crippen LogP contribution is 2.28. The van der Waals surface area contributed by atoms with Gasteiger partial charge in [-0.05, 0) is 45.2 Å². The Morgan fingerprint density at radius 2 is 1.80 bits per heavy atom. The quantitative estimate of drug-likeness (QED) is 0.475. The number of benzene rings is 1. The van der Waals surface area contributed by atoms with Gasteiger partial charge in [0.1, 0.15) is 12.1 Å². The number of anilines is 1. The molecule has 1 aliphatic heterocycles. The fourth-order valence-electron chi connectivity index (χ4n) is 3.74. The van der Waals surface area contributed by atoms with Crippen LogP contribution in [0.3, 0.4) is 0 Å². The number of hydrogen-bond acceptors (Lipinski definition) is 5. The Morgan fingerprint density at radius 3 is 2.37 bits per heavy atom. The summed E-state index contributed by atoms with van der Waals surface area (Å²) in [5.41, 5.74) is 1.63. The molecule has 4 amide bonds. The summed E-state index contributed by atoms with van der Waals surface area (Å²) in [6.07, 6.45) is 1.38. The van der Waals surface area contributed by atoms with Crippen molar-refractivity contribution in [2.24, 2.45) is 0 Å². The molecule has 0 radical (unpaired) electrons. The summed E-state index contributed by atoms with van der Waals surface area (Å²) in [5, 5.41) is 5.47. The molecule has 1 atom stereocenters. The standard InChI is InChI=1S/C22H31N3O5/c1-6-10-22(11-7-2)20(28)25(21(29)24-22)13-18(26)30-16(5)19(27)23-17-9-8-14(3)12-15(17)4/h8-9,12,16H,6-7,10-11,13H2,1-5H3,(H,23,27)(H,24,29)/t16-/m0/s1. The number of ether oxygens (including phenoxy) is 1.